The normalized spacial score (nSPS) is 22.0. The van der Waals surface area contributed by atoms with E-state index in [1.54, 1.807) is 23.1 Å². The Morgan fingerprint density at radius 1 is 1.26 bits per heavy atom. The predicted octanol–water partition coefficient (Wildman–Crippen LogP) is 2.98. The lowest BCUT2D eigenvalue weighted by Crippen LogP contribution is -2.45. The average Bonchev–Trinajstić information content (AvgIpc) is 3.18. The molecule has 2 aromatic rings. The molecule has 0 radical (unpaired) electrons. The van der Waals surface area contributed by atoms with Crippen LogP contribution in [0, 0.1) is 12.8 Å². The molecule has 1 fully saturated rings. The van der Waals surface area contributed by atoms with E-state index in [0.717, 1.165) is 24.4 Å². The number of halogens is 2. The van der Waals surface area contributed by atoms with Crippen molar-refractivity contribution in [1.82, 2.24) is 14.9 Å². The molecule has 0 spiro atoms. The van der Waals surface area contributed by atoms with Crippen LogP contribution in [-0.4, -0.2) is 34.0 Å². The van der Waals surface area contributed by atoms with Gasteiger partial charge in [-0.1, -0.05) is 23.2 Å². The number of carbonyl (C=O) groups excluding carboxylic acids is 2. The van der Waals surface area contributed by atoms with E-state index in [2.05, 4.69) is 14.9 Å². The highest BCUT2D eigenvalue weighted by Gasteiger charge is 2.38. The Hall–Kier alpha value is -2.05. The smallest absolute Gasteiger partial charge is 0.239 e. The third-order valence-electron chi connectivity index (χ3n) is 5.20. The maximum Gasteiger partial charge on any atom is 0.239 e. The van der Waals surface area contributed by atoms with Crippen LogP contribution in [-0.2, 0) is 22.6 Å². The number of anilines is 1. The van der Waals surface area contributed by atoms with Gasteiger partial charge in [0, 0.05) is 37.4 Å². The second kappa shape index (κ2) is 7.17. The lowest BCUT2D eigenvalue weighted by molar-refractivity contribution is -0.132. The van der Waals surface area contributed by atoms with Crippen molar-refractivity contribution >= 4 is 40.7 Å². The quantitative estimate of drug-likeness (QED) is 0.796. The zero-order chi connectivity index (χ0) is 19.1. The first kappa shape index (κ1) is 18.3. The SMILES string of the molecule is Cc1cn2c(n1)CCC(NC(=O)C1CCN(c3ccc(Cl)c(Cl)c3)C1=O)C2. The van der Waals surface area contributed by atoms with Gasteiger partial charge in [-0.15, -0.1) is 0 Å². The van der Waals surface area contributed by atoms with Gasteiger partial charge in [0.15, 0.2) is 0 Å². The summed E-state index contributed by atoms with van der Waals surface area (Å²) < 4.78 is 2.09. The number of fused-ring (bicyclic) bond motifs is 1. The van der Waals surface area contributed by atoms with Gasteiger partial charge in [-0.2, -0.15) is 0 Å². The molecule has 3 heterocycles. The zero-order valence-electron chi connectivity index (χ0n) is 14.9. The molecule has 2 unspecified atom stereocenters. The van der Waals surface area contributed by atoms with E-state index in [-0.39, 0.29) is 17.9 Å². The first-order chi connectivity index (χ1) is 12.9. The Bertz CT molecular complexity index is 911. The van der Waals surface area contributed by atoms with Crippen LogP contribution >= 0.6 is 23.2 Å². The first-order valence-corrected chi connectivity index (χ1v) is 9.77. The van der Waals surface area contributed by atoms with E-state index in [0.29, 0.717) is 35.2 Å². The Balaban J connectivity index is 1.41. The summed E-state index contributed by atoms with van der Waals surface area (Å²) in [5.74, 6) is -0.000168. The molecule has 1 aromatic carbocycles. The van der Waals surface area contributed by atoms with Crippen molar-refractivity contribution in [1.29, 1.82) is 0 Å². The molecule has 27 heavy (non-hydrogen) atoms. The van der Waals surface area contributed by atoms with Gasteiger partial charge >= 0.3 is 0 Å². The van der Waals surface area contributed by atoms with Gasteiger partial charge in [-0.05, 0) is 38.0 Å². The Morgan fingerprint density at radius 3 is 2.85 bits per heavy atom. The van der Waals surface area contributed by atoms with Gasteiger partial charge in [0.1, 0.15) is 11.7 Å². The van der Waals surface area contributed by atoms with Crippen LogP contribution in [0.1, 0.15) is 24.4 Å². The minimum Gasteiger partial charge on any atom is -0.351 e. The third-order valence-corrected chi connectivity index (χ3v) is 5.94. The van der Waals surface area contributed by atoms with E-state index in [1.807, 2.05) is 13.1 Å². The summed E-state index contributed by atoms with van der Waals surface area (Å²) >= 11 is 12.0. The van der Waals surface area contributed by atoms with Gasteiger partial charge in [0.05, 0.1) is 15.7 Å². The van der Waals surface area contributed by atoms with Crippen LogP contribution in [0.15, 0.2) is 24.4 Å². The van der Waals surface area contributed by atoms with Crippen LogP contribution in [0.25, 0.3) is 0 Å². The summed E-state index contributed by atoms with van der Waals surface area (Å²) in [4.78, 5) is 31.6. The van der Waals surface area contributed by atoms with E-state index in [9.17, 15) is 9.59 Å². The Kier molecular flexibility index (Phi) is 4.86. The fourth-order valence-corrected chi connectivity index (χ4v) is 4.13. The fourth-order valence-electron chi connectivity index (χ4n) is 3.84. The standard InChI is InChI=1S/C19H20Cl2N4O2/c1-11-9-24-10-12(2-5-17(24)22-11)23-18(26)14-6-7-25(19(14)27)13-3-4-15(20)16(21)8-13/h3-4,8-9,12,14H,2,5-7,10H2,1H3,(H,23,26). The fraction of sp³-hybridized carbons (Fsp3) is 0.421. The highest BCUT2D eigenvalue weighted by molar-refractivity contribution is 6.42. The predicted molar refractivity (Wildman–Crippen MR) is 104 cm³/mol. The molecular formula is C19H20Cl2N4O2. The second-order valence-electron chi connectivity index (χ2n) is 7.12. The van der Waals surface area contributed by atoms with Gasteiger partial charge in [-0.25, -0.2) is 4.98 Å². The van der Waals surface area contributed by atoms with Gasteiger partial charge < -0.3 is 14.8 Å². The second-order valence-corrected chi connectivity index (χ2v) is 7.94. The van der Waals surface area contributed by atoms with Gasteiger partial charge in [-0.3, -0.25) is 9.59 Å². The van der Waals surface area contributed by atoms with Crippen molar-refractivity contribution in [3.8, 4) is 0 Å². The molecule has 0 aliphatic carbocycles. The summed E-state index contributed by atoms with van der Waals surface area (Å²) in [7, 11) is 0. The number of benzene rings is 1. The minimum atomic E-state index is -0.662. The average molecular weight is 407 g/mol. The molecule has 2 aliphatic rings. The number of hydrogen-bond donors (Lipinski definition) is 1. The molecule has 2 aliphatic heterocycles. The monoisotopic (exact) mass is 406 g/mol. The molecule has 6 nitrogen and oxygen atoms in total. The number of nitrogens with zero attached hydrogens (tertiary/aromatic N) is 3. The lowest BCUT2D eigenvalue weighted by atomic mass is 10.0. The maximum atomic E-state index is 12.8. The maximum absolute atomic E-state index is 12.8. The summed E-state index contributed by atoms with van der Waals surface area (Å²) in [5.41, 5.74) is 1.65. The number of imidazole rings is 1. The molecule has 0 bridgehead atoms. The number of amides is 2. The van der Waals surface area contributed by atoms with Crippen molar-refractivity contribution < 1.29 is 9.59 Å². The molecule has 1 saturated heterocycles. The summed E-state index contributed by atoms with van der Waals surface area (Å²) in [6.07, 6.45) is 4.15. The van der Waals surface area contributed by atoms with Crippen LogP contribution < -0.4 is 10.2 Å². The Morgan fingerprint density at radius 2 is 2.07 bits per heavy atom. The van der Waals surface area contributed by atoms with E-state index >= 15 is 0 Å². The molecule has 0 saturated carbocycles. The first-order valence-electron chi connectivity index (χ1n) is 9.02. The Labute approximate surface area is 167 Å². The van der Waals surface area contributed by atoms with E-state index in [1.165, 1.54) is 0 Å². The van der Waals surface area contributed by atoms with E-state index in [4.69, 9.17) is 23.2 Å². The van der Waals surface area contributed by atoms with Crippen LogP contribution in [0.3, 0.4) is 0 Å². The molecule has 1 N–H and O–H groups in total. The molecule has 1 aromatic heterocycles. The van der Waals surface area contributed by atoms with Crippen molar-refractivity contribution in [2.45, 2.75) is 38.8 Å². The highest BCUT2D eigenvalue weighted by Crippen LogP contribution is 2.31. The topological polar surface area (TPSA) is 67.2 Å². The largest absolute Gasteiger partial charge is 0.351 e. The third kappa shape index (κ3) is 3.56. The highest BCUT2D eigenvalue weighted by atomic mass is 35.5. The van der Waals surface area contributed by atoms with Gasteiger partial charge in [0.25, 0.3) is 0 Å². The number of aromatic nitrogens is 2. The number of carbonyl (C=O) groups is 2. The molecule has 8 heteroatoms. The van der Waals surface area contributed by atoms with Crippen molar-refractivity contribution in [2.24, 2.45) is 5.92 Å². The molecular weight excluding hydrogens is 387 g/mol. The molecule has 142 valence electrons. The molecule has 2 atom stereocenters. The van der Waals surface area contributed by atoms with Crippen LogP contribution in [0.4, 0.5) is 5.69 Å². The number of nitrogens with one attached hydrogen (secondary N) is 1. The number of hydrogen-bond acceptors (Lipinski definition) is 3. The number of aryl methyl sites for hydroxylation is 2. The summed E-state index contributed by atoms with van der Waals surface area (Å²) in [6, 6.07) is 5.08. The zero-order valence-corrected chi connectivity index (χ0v) is 16.4. The van der Waals surface area contributed by atoms with Crippen molar-refractivity contribution in [3.63, 3.8) is 0 Å². The van der Waals surface area contributed by atoms with Crippen LogP contribution in [0.2, 0.25) is 10.0 Å². The lowest BCUT2D eigenvalue weighted by Gasteiger charge is -2.25. The van der Waals surface area contributed by atoms with Crippen molar-refractivity contribution in [2.75, 3.05) is 11.4 Å². The number of rotatable bonds is 3. The molecule has 2 amide bonds. The summed E-state index contributed by atoms with van der Waals surface area (Å²) in [6.45, 7) is 3.15. The molecule has 4 rings (SSSR count). The minimum absolute atomic E-state index is 0.0189. The summed E-state index contributed by atoms with van der Waals surface area (Å²) in [5, 5.41) is 3.88. The van der Waals surface area contributed by atoms with Gasteiger partial charge in [0.2, 0.25) is 11.8 Å². The van der Waals surface area contributed by atoms with Crippen molar-refractivity contribution in [3.05, 3.63) is 46.0 Å². The van der Waals surface area contributed by atoms with E-state index < -0.39 is 5.92 Å². The van der Waals surface area contributed by atoms with Crippen LogP contribution in [0.5, 0.6) is 0 Å².